The van der Waals surface area contributed by atoms with Crippen molar-refractivity contribution in [2.45, 2.75) is 31.8 Å². The molecule has 0 spiro atoms. The minimum atomic E-state index is 0.576. The van der Waals surface area contributed by atoms with Gasteiger partial charge in [-0.05, 0) is 12.8 Å². The number of hydrogen-bond acceptors (Lipinski definition) is 4. The van der Waals surface area contributed by atoms with Gasteiger partial charge in [-0.3, -0.25) is 4.98 Å². The average Bonchev–Trinajstić information content (AvgIpc) is 2.25. The van der Waals surface area contributed by atoms with E-state index in [0.717, 1.165) is 17.3 Å². The Balaban J connectivity index is 2.12. The zero-order valence-electron chi connectivity index (χ0n) is 9.60. The molecule has 0 aliphatic rings. The highest BCUT2D eigenvalue weighted by Gasteiger charge is 2.04. The van der Waals surface area contributed by atoms with Crippen molar-refractivity contribution in [3.05, 3.63) is 18.6 Å². The van der Waals surface area contributed by atoms with Gasteiger partial charge in [-0.25, -0.2) is 4.98 Å². The van der Waals surface area contributed by atoms with Crippen molar-refractivity contribution in [2.75, 3.05) is 12.3 Å². The van der Waals surface area contributed by atoms with Crippen LogP contribution in [0.4, 0.5) is 0 Å². The molecule has 1 aromatic heterocycles. The zero-order valence-corrected chi connectivity index (χ0v) is 10.4. The molecule has 0 amide bonds. The van der Waals surface area contributed by atoms with Crippen molar-refractivity contribution in [3.8, 4) is 0 Å². The number of rotatable bonds is 6. The summed E-state index contributed by atoms with van der Waals surface area (Å²) in [4.78, 5) is 8.23. The molecule has 1 N–H and O–H groups in total. The molecule has 4 heteroatoms. The lowest BCUT2D eigenvalue weighted by Gasteiger charge is -2.16. The van der Waals surface area contributed by atoms with Crippen molar-refractivity contribution < 1.29 is 0 Å². The van der Waals surface area contributed by atoms with Gasteiger partial charge in [0.2, 0.25) is 0 Å². The summed E-state index contributed by atoms with van der Waals surface area (Å²) in [6.45, 7) is 7.69. The zero-order chi connectivity index (χ0) is 11.1. The van der Waals surface area contributed by atoms with Crippen molar-refractivity contribution in [3.63, 3.8) is 0 Å². The van der Waals surface area contributed by atoms with Crippen LogP contribution in [0.15, 0.2) is 23.6 Å². The summed E-state index contributed by atoms with van der Waals surface area (Å²) in [6.07, 6.45) is 5.23. The second-order valence-electron chi connectivity index (χ2n) is 3.88. The van der Waals surface area contributed by atoms with Gasteiger partial charge in [-0.15, -0.1) is 11.8 Å². The van der Waals surface area contributed by atoms with Crippen LogP contribution in [0.2, 0.25) is 0 Å². The first-order valence-corrected chi connectivity index (χ1v) is 6.31. The number of aromatic nitrogens is 2. The van der Waals surface area contributed by atoms with E-state index in [0.29, 0.717) is 12.0 Å². The van der Waals surface area contributed by atoms with Crippen LogP contribution >= 0.6 is 11.8 Å². The first-order chi connectivity index (χ1) is 7.20. The topological polar surface area (TPSA) is 37.8 Å². The lowest BCUT2D eigenvalue weighted by Crippen LogP contribution is -2.32. The molecule has 0 saturated heterocycles. The van der Waals surface area contributed by atoms with Crippen LogP contribution in [-0.4, -0.2) is 28.3 Å². The van der Waals surface area contributed by atoms with E-state index >= 15 is 0 Å². The highest BCUT2D eigenvalue weighted by Crippen LogP contribution is 2.11. The molecule has 15 heavy (non-hydrogen) atoms. The molecule has 1 heterocycles. The minimum absolute atomic E-state index is 0.576. The standard InChI is InChI=1S/C11H19N3S/c1-9(2)10(3)13-6-7-15-11-8-12-4-5-14-11/h4-5,8-10,13H,6-7H2,1-3H3. The Morgan fingerprint density at radius 1 is 1.33 bits per heavy atom. The van der Waals surface area contributed by atoms with E-state index in [4.69, 9.17) is 0 Å². The highest BCUT2D eigenvalue weighted by atomic mass is 32.2. The third-order valence-corrected chi connectivity index (χ3v) is 3.27. The minimum Gasteiger partial charge on any atom is -0.313 e. The van der Waals surface area contributed by atoms with E-state index in [1.54, 1.807) is 30.4 Å². The second kappa shape index (κ2) is 6.80. The van der Waals surface area contributed by atoms with Gasteiger partial charge in [0.1, 0.15) is 5.03 Å². The summed E-state index contributed by atoms with van der Waals surface area (Å²) >= 11 is 1.74. The van der Waals surface area contributed by atoms with E-state index in [1.165, 1.54) is 0 Å². The van der Waals surface area contributed by atoms with Crippen LogP contribution in [-0.2, 0) is 0 Å². The Morgan fingerprint density at radius 3 is 2.73 bits per heavy atom. The molecule has 1 unspecified atom stereocenters. The summed E-state index contributed by atoms with van der Waals surface area (Å²) in [7, 11) is 0. The van der Waals surface area contributed by atoms with Crippen LogP contribution in [0.1, 0.15) is 20.8 Å². The molecule has 3 nitrogen and oxygen atoms in total. The maximum atomic E-state index is 4.20. The van der Waals surface area contributed by atoms with Crippen LogP contribution in [0.5, 0.6) is 0 Å². The maximum Gasteiger partial charge on any atom is 0.114 e. The molecular formula is C11H19N3S. The summed E-state index contributed by atoms with van der Waals surface area (Å²) in [5.74, 6) is 1.72. The van der Waals surface area contributed by atoms with Gasteiger partial charge in [0, 0.05) is 30.7 Å². The lowest BCUT2D eigenvalue weighted by atomic mass is 10.1. The SMILES string of the molecule is CC(C)C(C)NCCSc1cnccn1. The first-order valence-electron chi connectivity index (χ1n) is 5.32. The number of nitrogens with zero attached hydrogens (tertiary/aromatic N) is 2. The van der Waals surface area contributed by atoms with E-state index in [-0.39, 0.29) is 0 Å². The Labute approximate surface area is 96.1 Å². The van der Waals surface area contributed by atoms with Crippen molar-refractivity contribution in [1.82, 2.24) is 15.3 Å². The van der Waals surface area contributed by atoms with Crippen LogP contribution in [0.25, 0.3) is 0 Å². The molecule has 0 aliphatic heterocycles. The molecule has 1 atom stereocenters. The average molecular weight is 225 g/mol. The molecule has 1 rings (SSSR count). The van der Waals surface area contributed by atoms with Gasteiger partial charge in [-0.2, -0.15) is 0 Å². The van der Waals surface area contributed by atoms with Gasteiger partial charge in [-0.1, -0.05) is 13.8 Å². The monoisotopic (exact) mass is 225 g/mol. The van der Waals surface area contributed by atoms with E-state index < -0.39 is 0 Å². The highest BCUT2D eigenvalue weighted by molar-refractivity contribution is 7.99. The van der Waals surface area contributed by atoms with Gasteiger partial charge in [0.25, 0.3) is 0 Å². The predicted molar refractivity (Wildman–Crippen MR) is 65.1 cm³/mol. The molecule has 1 aromatic rings. The first kappa shape index (κ1) is 12.5. The Hall–Kier alpha value is -0.610. The molecule has 0 aromatic carbocycles. The van der Waals surface area contributed by atoms with Crippen LogP contribution in [0.3, 0.4) is 0 Å². The molecule has 0 radical (unpaired) electrons. The fraction of sp³-hybridized carbons (Fsp3) is 0.636. The summed E-state index contributed by atoms with van der Waals surface area (Å²) in [6, 6.07) is 0.576. The predicted octanol–water partition coefficient (Wildman–Crippen LogP) is 2.20. The molecule has 0 bridgehead atoms. The summed E-state index contributed by atoms with van der Waals surface area (Å²) < 4.78 is 0. The van der Waals surface area contributed by atoms with Gasteiger partial charge < -0.3 is 5.32 Å². The Bertz CT molecular complexity index is 264. The summed E-state index contributed by atoms with van der Waals surface area (Å²) in [5, 5.41) is 4.48. The second-order valence-corrected chi connectivity index (χ2v) is 4.99. The smallest absolute Gasteiger partial charge is 0.114 e. The number of nitrogens with one attached hydrogen (secondary N) is 1. The fourth-order valence-corrected chi connectivity index (χ4v) is 1.74. The molecule has 0 aliphatic carbocycles. The van der Waals surface area contributed by atoms with Crippen LogP contribution < -0.4 is 5.32 Å². The molecule has 0 saturated carbocycles. The molecule has 84 valence electrons. The van der Waals surface area contributed by atoms with Crippen molar-refractivity contribution in [2.24, 2.45) is 5.92 Å². The Morgan fingerprint density at radius 2 is 2.13 bits per heavy atom. The maximum absolute atomic E-state index is 4.20. The van der Waals surface area contributed by atoms with Crippen LogP contribution in [0, 0.1) is 5.92 Å². The lowest BCUT2D eigenvalue weighted by molar-refractivity contribution is 0.438. The van der Waals surface area contributed by atoms with Crippen molar-refractivity contribution in [1.29, 1.82) is 0 Å². The van der Waals surface area contributed by atoms with Gasteiger partial charge in [0.05, 0.1) is 6.20 Å². The summed E-state index contributed by atoms with van der Waals surface area (Å²) in [5.41, 5.74) is 0. The van der Waals surface area contributed by atoms with Gasteiger partial charge in [0.15, 0.2) is 0 Å². The van der Waals surface area contributed by atoms with E-state index in [2.05, 4.69) is 36.1 Å². The van der Waals surface area contributed by atoms with Crippen molar-refractivity contribution >= 4 is 11.8 Å². The number of hydrogen-bond donors (Lipinski definition) is 1. The third kappa shape index (κ3) is 5.14. The Kier molecular flexibility index (Phi) is 5.65. The number of thioether (sulfide) groups is 1. The third-order valence-electron chi connectivity index (χ3n) is 2.36. The largest absolute Gasteiger partial charge is 0.313 e. The fourth-order valence-electron chi connectivity index (χ4n) is 1.04. The molecule has 0 fully saturated rings. The van der Waals surface area contributed by atoms with E-state index in [9.17, 15) is 0 Å². The normalized spacial score (nSPS) is 13.1. The van der Waals surface area contributed by atoms with E-state index in [1.807, 2.05) is 0 Å². The van der Waals surface area contributed by atoms with Gasteiger partial charge >= 0.3 is 0 Å². The molecular weight excluding hydrogens is 206 g/mol. The quantitative estimate of drug-likeness (QED) is 0.595.